The summed E-state index contributed by atoms with van der Waals surface area (Å²) in [6, 6.07) is 10.7. The van der Waals surface area contributed by atoms with Crippen LogP contribution >= 0.6 is 0 Å². The summed E-state index contributed by atoms with van der Waals surface area (Å²) in [5.41, 5.74) is 1.28. The lowest BCUT2D eigenvalue weighted by Gasteiger charge is -2.11. The summed E-state index contributed by atoms with van der Waals surface area (Å²) in [5, 5.41) is 12.0. The quantitative estimate of drug-likeness (QED) is 0.718. The lowest BCUT2D eigenvalue weighted by atomic mass is 10.2. The molecule has 0 saturated carbocycles. The zero-order valence-electron chi connectivity index (χ0n) is 8.03. The van der Waals surface area contributed by atoms with Crippen molar-refractivity contribution in [3.63, 3.8) is 0 Å². The summed E-state index contributed by atoms with van der Waals surface area (Å²) in [7, 11) is 0. The third kappa shape index (κ3) is 4.06. The Balaban J connectivity index is 2.27. The van der Waals surface area contributed by atoms with E-state index in [1.165, 1.54) is 5.56 Å². The fourth-order valence-electron chi connectivity index (χ4n) is 1.18. The summed E-state index contributed by atoms with van der Waals surface area (Å²) < 4.78 is 0. The van der Waals surface area contributed by atoms with Gasteiger partial charge in [0.15, 0.2) is 0 Å². The van der Waals surface area contributed by atoms with E-state index < -0.39 is 0 Å². The second-order valence-electron chi connectivity index (χ2n) is 3.28. The Morgan fingerprint density at radius 1 is 1.31 bits per heavy atom. The molecule has 0 bridgehead atoms. The van der Waals surface area contributed by atoms with Gasteiger partial charge in [0.05, 0.1) is 0 Å². The normalized spacial score (nSPS) is 12.8. The van der Waals surface area contributed by atoms with Gasteiger partial charge in [-0.15, -0.1) is 0 Å². The average Bonchev–Trinajstić information content (AvgIpc) is 2.17. The molecule has 0 saturated heterocycles. The van der Waals surface area contributed by atoms with E-state index in [9.17, 15) is 0 Å². The summed E-state index contributed by atoms with van der Waals surface area (Å²) in [4.78, 5) is 0. The fourth-order valence-corrected chi connectivity index (χ4v) is 1.18. The molecular formula is C11H17NO. The first-order chi connectivity index (χ1) is 6.33. The molecule has 1 aromatic carbocycles. The van der Waals surface area contributed by atoms with E-state index in [4.69, 9.17) is 5.11 Å². The molecule has 0 aliphatic carbocycles. The first kappa shape index (κ1) is 10.2. The molecular weight excluding hydrogens is 162 g/mol. The van der Waals surface area contributed by atoms with Crippen LogP contribution in [0.4, 0.5) is 0 Å². The van der Waals surface area contributed by atoms with Gasteiger partial charge in [-0.05, 0) is 18.9 Å². The monoisotopic (exact) mass is 179 g/mol. The van der Waals surface area contributed by atoms with Crippen LogP contribution in [0, 0.1) is 0 Å². The van der Waals surface area contributed by atoms with Gasteiger partial charge >= 0.3 is 0 Å². The Morgan fingerprint density at radius 3 is 2.62 bits per heavy atom. The van der Waals surface area contributed by atoms with Gasteiger partial charge in [-0.1, -0.05) is 30.3 Å². The van der Waals surface area contributed by atoms with Gasteiger partial charge in [0.25, 0.3) is 0 Å². The van der Waals surface area contributed by atoms with E-state index in [-0.39, 0.29) is 6.61 Å². The lowest BCUT2D eigenvalue weighted by molar-refractivity contribution is 0.268. The molecule has 0 aliphatic rings. The van der Waals surface area contributed by atoms with E-state index in [1.807, 2.05) is 18.2 Å². The minimum atomic E-state index is 0.253. The molecule has 0 amide bonds. The second-order valence-corrected chi connectivity index (χ2v) is 3.28. The molecule has 0 spiro atoms. The van der Waals surface area contributed by atoms with Crippen molar-refractivity contribution in [3.05, 3.63) is 35.9 Å². The largest absolute Gasteiger partial charge is 0.396 e. The molecule has 1 aromatic rings. The summed E-state index contributed by atoms with van der Waals surface area (Å²) >= 11 is 0. The number of benzene rings is 1. The van der Waals surface area contributed by atoms with Crippen LogP contribution in [0.5, 0.6) is 0 Å². The van der Waals surface area contributed by atoms with E-state index in [2.05, 4.69) is 24.4 Å². The summed E-state index contributed by atoms with van der Waals surface area (Å²) in [5.74, 6) is 0. The van der Waals surface area contributed by atoms with Crippen molar-refractivity contribution in [1.29, 1.82) is 0 Å². The summed E-state index contributed by atoms with van der Waals surface area (Å²) in [6.45, 7) is 3.21. The van der Waals surface area contributed by atoms with E-state index in [1.54, 1.807) is 0 Å². The zero-order chi connectivity index (χ0) is 9.52. The number of aliphatic hydroxyl groups excluding tert-OH is 1. The molecule has 0 radical (unpaired) electrons. The third-order valence-corrected chi connectivity index (χ3v) is 2.06. The number of rotatable bonds is 5. The van der Waals surface area contributed by atoms with Crippen molar-refractivity contribution in [3.8, 4) is 0 Å². The van der Waals surface area contributed by atoms with Crippen LogP contribution < -0.4 is 5.32 Å². The van der Waals surface area contributed by atoms with Gasteiger partial charge in [0, 0.05) is 19.2 Å². The Bertz CT molecular complexity index is 223. The van der Waals surface area contributed by atoms with Crippen molar-refractivity contribution in [2.24, 2.45) is 0 Å². The fraction of sp³-hybridized carbons (Fsp3) is 0.455. The molecule has 0 aliphatic heterocycles. The van der Waals surface area contributed by atoms with Gasteiger partial charge in [-0.25, -0.2) is 0 Å². The second kappa shape index (κ2) is 5.73. The molecule has 1 atom stereocenters. The molecule has 1 rings (SSSR count). The average molecular weight is 179 g/mol. The van der Waals surface area contributed by atoms with Crippen LogP contribution in [0.1, 0.15) is 18.9 Å². The minimum absolute atomic E-state index is 0.253. The molecule has 0 aromatic heterocycles. The number of hydrogen-bond acceptors (Lipinski definition) is 2. The van der Waals surface area contributed by atoms with Gasteiger partial charge in [-0.2, -0.15) is 0 Å². The smallest absolute Gasteiger partial charge is 0.0445 e. The van der Waals surface area contributed by atoms with Gasteiger partial charge in [0.1, 0.15) is 0 Å². The Kier molecular flexibility index (Phi) is 4.50. The van der Waals surface area contributed by atoms with Crippen LogP contribution in [0.2, 0.25) is 0 Å². The van der Waals surface area contributed by atoms with Crippen LogP contribution in [0.25, 0.3) is 0 Å². The first-order valence-corrected chi connectivity index (χ1v) is 4.71. The van der Waals surface area contributed by atoms with E-state index in [0.717, 1.165) is 13.0 Å². The van der Waals surface area contributed by atoms with Gasteiger partial charge < -0.3 is 10.4 Å². The van der Waals surface area contributed by atoms with Crippen molar-refractivity contribution in [2.45, 2.75) is 25.9 Å². The predicted octanol–water partition coefficient (Wildman–Crippen LogP) is 1.55. The molecule has 2 nitrogen and oxygen atoms in total. The highest BCUT2D eigenvalue weighted by atomic mass is 16.3. The van der Waals surface area contributed by atoms with Gasteiger partial charge in [-0.3, -0.25) is 0 Å². The number of nitrogens with one attached hydrogen (secondary N) is 1. The topological polar surface area (TPSA) is 32.3 Å². The lowest BCUT2D eigenvalue weighted by Crippen LogP contribution is -2.26. The molecule has 72 valence electrons. The van der Waals surface area contributed by atoms with Crippen molar-refractivity contribution >= 4 is 0 Å². The van der Waals surface area contributed by atoms with Crippen molar-refractivity contribution in [1.82, 2.24) is 5.32 Å². The number of hydrogen-bond donors (Lipinski definition) is 2. The maximum atomic E-state index is 8.69. The van der Waals surface area contributed by atoms with E-state index in [0.29, 0.717) is 6.04 Å². The zero-order valence-corrected chi connectivity index (χ0v) is 8.03. The minimum Gasteiger partial charge on any atom is -0.396 e. The highest BCUT2D eigenvalue weighted by Crippen LogP contribution is 1.99. The highest BCUT2D eigenvalue weighted by Gasteiger charge is 1.99. The Hall–Kier alpha value is -0.860. The molecule has 2 heteroatoms. The molecule has 2 N–H and O–H groups in total. The first-order valence-electron chi connectivity index (χ1n) is 4.71. The van der Waals surface area contributed by atoms with E-state index >= 15 is 0 Å². The molecule has 0 unspecified atom stereocenters. The van der Waals surface area contributed by atoms with Crippen LogP contribution in [-0.4, -0.2) is 17.8 Å². The molecule has 0 heterocycles. The van der Waals surface area contributed by atoms with Crippen LogP contribution in [0.15, 0.2) is 30.3 Å². The molecule has 13 heavy (non-hydrogen) atoms. The SMILES string of the molecule is C[C@H](CCO)NCc1ccccc1. The Labute approximate surface area is 79.6 Å². The predicted molar refractivity (Wildman–Crippen MR) is 54.4 cm³/mol. The van der Waals surface area contributed by atoms with Crippen molar-refractivity contribution < 1.29 is 5.11 Å². The van der Waals surface area contributed by atoms with Crippen molar-refractivity contribution in [2.75, 3.05) is 6.61 Å². The third-order valence-electron chi connectivity index (χ3n) is 2.06. The van der Waals surface area contributed by atoms with Gasteiger partial charge in [0.2, 0.25) is 0 Å². The maximum absolute atomic E-state index is 8.69. The molecule has 0 fully saturated rings. The van der Waals surface area contributed by atoms with Crippen LogP contribution in [-0.2, 0) is 6.54 Å². The van der Waals surface area contributed by atoms with Crippen LogP contribution in [0.3, 0.4) is 0 Å². The Morgan fingerprint density at radius 2 is 2.00 bits per heavy atom. The number of aliphatic hydroxyl groups is 1. The summed E-state index contributed by atoms with van der Waals surface area (Å²) in [6.07, 6.45) is 0.812. The maximum Gasteiger partial charge on any atom is 0.0445 e. The standard InChI is InChI=1S/C11H17NO/c1-10(7-8-13)12-9-11-5-3-2-4-6-11/h2-6,10,12-13H,7-9H2,1H3/t10-/m1/s1. The highest BCUT2D eigenvalue weighted by molar-refractivity contribution is 5.14.